The van der Waals surface area contributed by atoms with E-state index in [9.17, 15) is 4.39 Å². The van der Waals surface area contributed by atoms with Crippen molar-refractivity contribution < 1.29 is 8.91 Å². The number of nitrogen functional groups attached to an aromatic ring is 1. The van der Waals surface area contributed by atoms with Crippen LogP contribution in [0.2, 0.25) is 0 Å². The maximum Gasteiger partial charge on any atom is 0.164 e. The van der Waals surface area contributed by atoms with Crippen LogP contribution in [0.25, 0.3) is 10.9 Å². The Morgan fingerprint density at radius 2 is 2.29 bits per heavy atom. The number of nitrogens with zero attached hydrogens (tertiary/aromatic N) is 1. The van der Waals surface area contributed by atoms with Gasteiger partial charge in [0.2, 0.25) is 0 Å². The zero-order valence-electron chi connectivity index (χ0n) is 8.90. The van der Waals surface area contributed by atoms with Crippen molar-refractivity contribution in [2.75, 3.05) is 5.73 Å². The van der Waals surface area contributed by atoms with E-state index >= 15 is 0 Å². The van der Waals surface area contributed by atoms with Crippen LogP contribution >= 0.6 is 0 Å². The molecular weight excluding hydrogens is 221 g/mol. The number of benzene rings is 1. The standard InChI is InChI=1S/C12H10FN3O/c13-8-2-1-3-10-12(8)7(5-15-10)4-11-9(14)6-16-17-11/h1-3,5-6,15H,4,14H2. The fourth-order valence-corrected chi connectivity index (χ4v) is 1.93. The number of aromatic amines is 1. The summed E-state index contributed by atoms with van der Waals surface area (Å²) in [6.07, 6.45) is 3.63. The Morgan fingerprint density at radius 3 is 3.06 bits per heavy atom. The number of anilines is 1. The van der Waals surface area contributed by atoms with Crippen LogP contribution in [-0.4, -0.2) is 10.1 Å². The van der Waals surface area contributed by atoms with Crippen molar-refractivity contribution in [3.63, 3.8) is 0 Å². The van der Waals surface area contributed by atoms with Gasteiger partial charge in [-0.3, -0.25) is 0 Å². The second-order valence-corrected chi connectivity index (χ2v) is 3.86. The summed E-state index contributed by atoms with van der Waals surface area (Å²) in [6.45, 7) is 0. The van der Waals surface area contributed by atoms with E-state index in [1.54, 1.807) is 12.3 Å². The molecule has 0 aliphatic rings. The minimum absolute atomic E-state index is 0.253. The summed E-state index contributed by atoms with van der Waals surface area (Å²) >= 11 is 0. The average Bonchev–Trinajstić information content (AvgIpc) is 2.89. The number of H-pyrrole nitrogens is 1. The Hall–Kier alpha value is -2.30. The molecule has 0 aliphatic carbocycles. The van der Waals surface area contributed by atoms with Crippen LogP contribution in [0.4, 0.5) is 10.1 Å². The normalized spacial score (nSPS) is 11.1. The fraction of sp³-hybridized carbons (Fsp3) is 0.0833. The first-order chi connectivity index (χ1) is 8.25. The summed E-state index contributed by atoms with van der Waals surface area (Å²) in [4.78, 5) is 3.02. The lowest BCUT2D eigenvalue weighted by Gasteiger charge is -1.98. The van der Waals surface area contributed by atoms with Gasteiger partial charge in [0.15, 0.2) is 5.76 Å². The predicted molar refractivity (Wildman–Crippen MR) is 62.0 cm³/mol. The van der Waals surface area contributed by atoms with Crippen LogP contribution in [0.15, 0.2) is 35.1 Å². The second kappa shape index (κ2) is 3.62. The van der Waals surface area contributed by atoms with E-state index in [0.29, 0.717) is 23.3 Å². The monoisotopic (exact) mass is 231 g/mol. The van der Waals surface area contributed by atoms with Gasteiger partial charge in [-0.1, -0.05) is 11.2 Å². The van der Waals surface area contributed by atoms with E-state index in [4.69, 9.17) is 10.3 Å². The lowest BCUT2D eigenvalue weighted by atomic mass is 10.1. The highest BCUT2D eigenvalue weighted by atomic mass is 19.1. The molecule has 0 aliphatic heterocycles. The van der Waals surface area contributed by atoms with E-state index in [0.717, 1.165) is 11.1 Å². The molecule has 3 aromatic rings. The summed E-state index contributed by atoms with van der Waals surface area (Å²) in [7, 11) is 0. The fourth-order valence-electron chi connectivity index (χ4n) is 1.93. The Labute approximate surface area is 96.2 Å². The van der Waals surface area contributed by atoms with E-state index in [1.807, 2.05) is 6.07 Å². The minimum atomic E-state index is -0.253. The van der Waals surface area contributed by atoms with E-state index in [-0.39, 0.29) is 5.82 Å². The third-order valence-electron chi connectivity index (χ3n) is 2.76. The first kappa shape index (κ1) is 9.89. The molecule has 0 unspecified atom stereocenters. The van der Waals surface area contributed by atoms with Crippen molar-refractivity contribution in [3.8, 4) is 0 Å². The lowest BCUT2D eigenvalue weighted by molar-refractivity contribution is 0.390. The molecular formula is C12H10FN3O. The van der Waals surface area contributed by atoms with Crippen molar-refractivity contribution in [2.45, 2.75) is 6.42 Å². The zero-order chi connectivity index (χ0) is 11.8. The van der Waals surface area contributed by atoms with Crippen LogP contribution in [0.5, 0.6) is 0 Å². The summed E-state index contributed by atoms with van der Waals surface area (Å²) in [5.41, 5.74) is 7.73. The maximum absolute atomic E-state index is 13.7. The van der Waals surface area contributed by atoms with Gasteiger partial charge in [-0.05, 0) is 17.7 Å². The van der Waals surface area contributed by atoms with Gasteiger partial charge in [-0.25, -0.2) is 4.39 Å². The summed E-state index contributed by atoms with van der Waals surface area (Å²) < 4.78 is 18.7. The van der Waals surface area contributed by atoms with Gasteiger partial charge in [-0.2, -0.15) is 0 Å². The molecule has 0 radical (unpaired) electrons. The van der Waals surface area contributed by atoms with Gasteiger partial charge < -0.3 is 15.2 Å². The lowest BCUT2D eigenvalue weighted by Crippen LogP contribution is -1.91. The average molecular weight is 231 g/mol. The van der Waals surface area contributed by atoms with E-state index in [1.165, 1.54) is 12.3 Å². The number of nitrogens with one attached hydrogen (secondary N) is 1. The van der Waals surface area contributed by atoms with Gasteiger partial charge >= 0.3 is 0 Å². The molecule has 17 heavy (non-hydrogen) atoms. The zero-order valence-corrected chi connectivity index (χ0v) is 8.90. The third kappa shape index (κ3) is 1.56. The van der Waals surface area contributed by atoms with Crippen molar-refractivity contribution in [2.24, 2.45) is 0 Å². The maximum atomic E-state index is 13.7. The second-order valence-electron chi connectivity index (χ2n) is 3.86. The van der Waals surface area contributed by atoms with Gasteiger partial charge in [0, 0.05) is 23.5 Å². The highest BCUT2D eigenvalue weighted by Gasteiger charge is 2.12. The SMILES string of the molecule is Nc1cnoc1Cc1c[nH]c2cccc(F)c12. The number of halogens is 1. The van der Waals surface area contributed by atoms with Crippen LogP contribution < -0.4 is 5.73 Å². The van der Waals surface area contributed by atoms with Gasteiger partial charge in [-0.15, -0.1) is 0 Å². The van der Waals surface area contributed by atoms with Crippen molar-refractivity contribution >= 4 is 16.6 Å². The smallest absolute Gasteiger partial charge is 0.164 e. The van der Waals surface area contributed by atoms with Gasteiger partial charge in [0.1, 0.15) is 5.82 Å². The summed E-state index contributed by atoms with van der Waals surface area (Å²) in [5, 5.41) is 4.17. The molecule has 0 bridgehead atoms. The molecule has 0 saturated heterocycles. The Morgan fingerprint density at radius 1 is 1.41 bits per heavy atom. The molecule has 3 N–H and O–H groups in total. The molecule has 0 fully saturated rings. The molecule has 4 nitrogen and oxygen atoms in total. The number of hydrogen-bond donors (Lipinski definition) is 2. The number of hydrogen-bond acceptors (Lipinski definition) is 3. The molecule has 1 aromatic carbocycles. The molecule has 0 saturated carbocycles. The highest BCUT2D eigenvalue weighted by molar-refractivity contribution is 5.84. The molecule has 86 valence electrons. The van der Waals surface area contributed by atoms with Crippen LogP contribution in [0, 0.1) is 5.82 Å². The molecule has 2 aromatic heterocycles. The van der Waals surface area contributed by atoms with E-state index in [2.05, 4.69) is 10.1 Å². The van der Waals surface area contributed by atoms with Crippen LogP contribution in [0.3, 0.4) is 0 Å². The van der Waals surface area contributed by atoms with Crippen LogP contribution in [-0.2, 0) is 6.42 Å². The summed E-state index contributed by atoms with van der Waals surface area (Å²) in [6, 6.07) is 4.93. The molecule has 2 heterocycles. The van der Waals surface area contributed by atoms with Gasteiger partial charge in [0.05, 0.1) is 11.9 Å². The Balaban J connectivity index is 2.10. The summed E-state index contributed by atoms with van der Waals surface area (Å²) in [5.74, 6) is 0.297. The van der Waals surface area contributed by atoms with Crippen molar-refractivity contribution in [1.29, 1.82) is 0 Å². The molecule has 3 rings (SSSR count). The molecule has 0 atom stereocenters. The molecule has 5 heteroatoms. The number of nitrogens with two attached hydrogens (primary N) is 1. The quantitative estimate of drug-likeness (QED) is 0.711. The topological polar surface area (TPSA) is 67.8 Å². The Bertz CT molecular complexity index is 671. The largest absolute Gasteiger partial charge is 0.395 e. The first-order valence-electron chi connectivity index (χ1n) is 5.19. The highest BCUT2D eigenvalue weighted by Crippen LogP contribution is 2.25. The number of rotatable bonds is 2. The minimum Gasteiger partial charge on any atom is -0.395 e. The van der Waals surface area contributed by atoms with Crippen molar-refractivity contribution in [3.05, 3.63) is 47.7 Å². The van der Waals surface area contributed by atoms with Gasteiger partial charge in [0.25, 0.3) is 0 Å². The first-order valence-corrected chi connectivity index (χ1v) is 5.19. The van der Waals surface area contributed by atoms with Crippen molar-refractivity contribution in [1.82, 2.24) is 10.1 Å². The Kier molecular flexibility index (Phi) is 2.11. The number of aromatic nitrogens is 2. The number of fused-ring (bicyclic) bond motifs is 1. The third-order valence-corrected chi connectivity index (χ3v) is 2.76. The molecule has 0 amide bonds. The van der Waals surface area contributed by atoms with Crippen LogP contribution in [0.1, 0.15) is 11.3 Å². The van der Waals surface area contributed by atoms with E-state index < -0.39 is 0 Å². The predicted octanol–water partition coefficient (Wildman–Crippen LogP) is 2.47. The molecule has 0 spiro atoms.